The highest BCUT2D eigenvalue weighted by molar-refractivity contribution is 7.91. The summed E-state index contributed by atoms with van der Waals surface area (Å²) in [5.74, 6) is -4.30. The lowest BCUT2D eigenvalue weighted by Gasteiger charge is -2.36. The number of alkyl halides is 3. The van der Waals surface area contributed by atoms with Gasteiger partial charge >= 0.3 is 12.1 Å². The number of esters is 1. The van der Waals surface area contributed by atoms with Gasteiger partial charge in [-0.25, -0.2) is 18.4 Å². The number of nitrogens with zero attached hydrogens (tertiary/aromatic N) is 3. The molecular formula is C40H50F3N5O9S. The summed E-state index contributed by atoms with van der Waals surface area (Å²) in [6, 6.07) is 2.23. The van der Waals surface area contributed by atoms with Gasteiger partial charge in [-0.05, 0) is 85.1 Å². The smallest absolute Gasteiger partial charge is 0.427 e. The van der Waals surface area contributed by atoms with Crippen molar-refractivity contribution >= 4 is 44.7 Å². The van der Waals surface area contributed by atoms with E-state index in [0.717, 1.165) is 19.4 Å². The van der Waals surface area contributed by atoms with Crippen molar-refractivity contribution < 1.29 is 55.0 Å². The van der Waals surface area contributed by atoms with Crippen LogP contribution in [0.4, 0.5) is 13.2 Å². The summed E-state index contributed by atoms with van der Waals surface area (Å²) in [6.45, 7) is 4.67. The van der Waals surface area contributed by atoms with Crippen molar-refractivity contribution in [3.05, 3.63) is 35.5 Å². The molecule has 3 fully saturated rings. The van der Waals surface area contributed by atoms with Gasteiger partial charge in [0.1, 0.15) is 22.9 Å². The van der Waals surface area contributed by atoms with Gasteiger partial charge in [-0.3, -0.25) is 23.9 Å². The van der Waals surface area contributed by atoms with E-state index in [0.29, 0.717) is 79.7 Å². The van der Waals surface area contributed by atoms with E-state index in [1.165, 1.54) is 12.0 Å². The second-order valence-corrected chi connectivity index (χ2v) is 19.5. The average molecular weight is 834 g/mol. The molecule has 7 rings (SSSR count). The van der Waals surface area contributed by atoms with Crippen LogP contribution in [0.3, 0.4) is 0 Å². The molecule has 2 aliphatic carbocycles. The summed E-state index contributed by atoms with van der Waals surface area (Å²) >= 11 is 0. The number of amides is 3. The SMILES string of the molecule is COc1ccc2nc(C)c3c(c2n1)CC[C@]1(C[C@H]2C(=O)N[C@]4(C(=O)NS(=O)(=O)C5(C)CC5)C[C@H]4/C=C\CCCCC[C@H](CC(=O)OC(C)(C)C(F)(F)F)C(=O)N2C1)O3. The summed E-state index contributed by atoms with van der Waals surface area (Å²) < 4.78 is 85.7. The third kappa shape index (κ3) is 7.72. The molecule has 0 bridgehead atoms. The van der Waals surface area contributed by atoms with E-state index in [1.807, 2.05) is 6.08 Å². The number of aromatic nitrogens is 2. The first-order chi connectivity index (χ1) is 27.1. The molecule has 3 aliphatic heterocycles. The van der Waals surface area contributed by atoms with Crippen molar-refractivity contribution in [2.45, 2.75) is 138 Å². The maximum absolute atomic E-state index is 14.8. The number of pyridine rings is 2. The standard InChI is InChI=1S/C40H50F3N5O9S/c1-23-32-26(31-27(44-23)13-14-29(45-31)55-5)15-16-38(57-32)21-28-33(50)46-39(35(52)47-58(53,54)37(4)17-18-37)20-25(39)12-10-8-6-7-9-11-24(34(51)48(28)22-38)19-30(49)56-36(2,3)40(41,42)43/h10,12-14,24-25,28H,6-9,11,15-22H2,1-5H3,(H,46,50)(H,47,52)/b12-10-/t24-,25-,28+,38-,39-/m1/s1. The Kier molecular flexibility index (Phi) is 10.5. The van der Waals surface area contributed by atoms with Crippen LogP contribution in [0.1, 0.15) is 103 Å². The Balaban J connectivity index is 1.24. The molecule has 58 heavy (non-hydrogen) atoms. The molecule has 2 saturated carbocycles. The van der Waals surface area contributed by atoms with Crippen LogP contribution in [-0.4, -0.2) is 94.3 Å². The fourth-order valence-corrected chi connectivity index (χ4v) is 9.67. The van der Waals surface area contributed by atoms with Gasteiger partial charge < -0.3 is 24.4 Å². The lowest BCUT2D eigenvalue weighted by atomic mass is 9.88. The highest BCUT2D eigenvalue weighted by Crippen LogP contribution is 2.49. The van der Waals surface area contributed by atoms with E-state index < -0.39 is 85.7 Å². The Hall–Kier alpha value is -4.48. The van der Waals surface area contributed by atoms with E-state index in [4.69, 9.17) is 19.2 Å². The first-order valence-electron chi connectivity index (χ1n) is 19.8. The number of sulfonamides is 1. The van der Waals surface area contributed by atoms with Crippen molar-refractivity contribution in [2.75, 3.05) is 13.7 Å². The van der Waals surface area contributed by atoms with E-state index in [1.54, 1.807) is 32.1 Å². The van der Waals surface area contributed by atoms with Gasteiger partial charge in [-0.2, -0.15) is 13.2 Å². The van der Waals surface area contributed by atoms with E-state index >= 15 is 0 Å². The third-order valence-corrected chi connectivity index (χ3v) is 14.7. The molecule has 1 spiro atoms. The Morgan fingerprint density at radius 3 is 2.52 bits per heavy atom. The predicted octanol–water partition coefficient (Wildman–Crippen LogP) is 4.90. The van der Waals surface area contributed by atoms with Crippen LogP contribution < -0.4 is 19.5 Å². The van der Waals surface area contributed by atoms with Gasteiger partial charge in [-0.15, -0.1) is 0 Å². The van der Waals surface area contributed by atoms with Crippen LogP contribution >= 0.6 is 0 Å². The summed E-state index contributed by atoms with van der Waals surface area (Å²) in [7, 11) is -2.57. The number of ether oxygens (including phenoxy) is 3. The number of methoxy groups -OCH3 is 1. The van der Waals surface area contributed by atoms with E-state index in [9.17, 15) is 40.8 Å². The van der Waals surface area contributed by atoms with Gasteiger partial charge in [0.25, 0.3) is 5.91 Å². The zero-order chi connectivity index (χ0) is 42.1. The minimum Gasteiger partial charge on any atom is -0.483 e. The monoisotopic (exact) mass is 833 g/mol. The first-order valence-corrected chi connectivity index (χ1v) is 21.3. The fraction of sp³-hybridized carbons (Fsp3) is 0.650. The molecule has 3 amide bonds. The Bertz CT molecular complexity index is 2180. The summed E-state index contributed by atoms with van der Waals surface area (Å²) in [5, 5.41) is 2.85. The van der Waals surface area contributed by atoms with Crippen molar-refractivity contribution in [1.29, 1.82) is 0 Å². The second-order valence-electron chi connectivity index (χ2n) is 17.3. The van der Waals surface area contributed by atoms with Crippen molar-refractivity contribution in [2.24, 2.45) is 11.8 Å². The molecule has 5 aliphatic rings. The highest BCUT2D eigenvalue weighted by Gasteiger charge is 2.64. The molecular weight excluding hydrogens is 784 g/mol. The van der Waals surface area contributed by atoms with Gasteiger partial charge in [0, 0.05) is 29.9 Å². The molecule has 18 heteroatoms. The molecule has 5 heterocycles. The molecule has 0 unspecified atom stereocenters. The van der Waals surface area contributed by atoms with Crippen molar-refractivity contribution in [1.82, 2.24) is 24.9 Å². The largest absolute Gasteiger partial charge is 0.483 e. The zero-order valence-electron chi connectivity index (χ0n) is 33.3. The normalized spacial score (nSPS) is 29.1. The van der Waals surface area contributed by atoms with E-state index in [-0.39, 0.29) is 25.8 Å². The molecule has 2 N–H and O–H groups in total. The zero-order valence-corrected chi connectivity index (χ0v) is 34.1. The van der Waals surface area contributed by atoms with Gasteiger partial charge in [0.15, 0.2) is 0 Å². The summed E-state index contributed by atoms with van der Waals surface area (Å²) in [5.41, 5.74) is -3.05. The minimum absolute atomic E-state index is 0.0418. The molecule has 5 atom stereocenters. The summed E-state index contributed by atoms with van der Waals surface area (Å²) in [4.78, 5) is 67.1. The molecule has 1 saturated heterocycles. The molecule has 316 valence electrons. The lowest BCUT2D eigenvalue weighted by molar-refractivity contribution is -0.257. The minimum atomic E-state index is -4.86. The number of carbonyl (C=O) groups is 4. The van der Waals surface area contributed by atoms with E-state index in [2.05, 4.69) is 15.0 Å². The lowest BCUT2D eigenvalue weighted by Crippen LogP contribution is -2.57. The van der Waals surface area contributed by atoms with Crippen LogP contribution in [0.2, 0.25) is 0 Å². The van der Waals surface area contributed by atoms with Gasteiger partial charge in [0.2, 0.25) is 33.3 Å². The van der Waals surface area contributed by atoms with Crippen molar-refractivity contribution in [3.63, 3.8) is 0 Å². The quantitative estimate of drug-likeness (QED) is 0.286. The number of carbonyl (C=O) groups excluding carboxylic acids is 4. The maximum atomic E-state index is 14.8. The Labute approximate surface area is 335 Å². The second kappa shape index (κ2) is 14.7. The Morgan fingerprint density at radius 2 is 1.83 bits per heavy atom. The van der Waals surface area contributed by atoms with Crippen LogP contribution in [0, 0.1) is 18.8 Å². The number of fused-ring (bicyclic) bond motifs is 5. The van der Waals surface area contributed by atoms with Crippen LogP contribution in [0.15, 0.2) is 24.3 Å². The fourth-order valence-electron chi connectivity index (χ4n) is 8.36. The number of aryl methyl sites for hydroxylation is 2. The molecule has 0 radical (unpaired) electrons. The molecule has 14 nitrogen and oxygen atoms in total. The number of halogens is 3. The molecule has 2 aromatic heterocycles. The topological polar surface area (TPSA) is 183 Å². The van der Waals surface area contributed by atoms with Gasteiger partial charge in [-0.1, -0.05) is 25.0 Å². The number of nitrogens with one attached hydrogen (secondary N) is 2. The number of hydrogen-bond acceptors (Lipinski definition) is 11. The van der Waals surface area contributed by atoms with Gasteiger partial charge in [0.05, 0.1) is 41.5 Å². The molecule has 2 aromatic rings. The summed E-state index contributed by atoms with van der Waals surface area (Å²) in [6.07, 6.45) is 2.22. The highest BCUT2D eigenvalue weighted by atomic mass is 32.2. The number of allylic oxidation sites excluding steroid dienone is 1. The number of hydrogen-bond donors (Lipinski definition) is 2. The molecule has 0 aromatic carbocycles. The average Bonchev–Trinajstić information content (AvgIpc) is 4.04. The van der Waals surface area contributed by atoms with Crippen molar-refractivity contribution in [3.8, 4) is 11.6 Å². The van der Waals surface area contributed by atoms with Crippen LogP contribution in [0.25, 0.3) is 11.0 Å². The maximum Gasteiger partial charge on any atom is 0.427 e. The van der Waals surface area contributed by atoms with Crippen LogP contribution in [-0.2, 0) is 40.4 Å². The number of rotatable bonds is 7. The third-order valence-electron chi connectivity index (χ3n) is 12.6. The predicted molar refractivity (Wildman–Crippen MR) is 203 cm³/mol. The Morgan fingerprint density at radius 1 is 1.09 bits per heavy atom. The van der Waals surface area contributed by atoms with Crippen LogP contribution in [0.5, 0.6) is 11.6 Å². The first kappa shape index (κ1) is 41.7.